The number of anilines is 1. The number of aromatic nitrogens is 2. The molecule has 21 heavy (non-hydrogen) atoms. The Balaban J connectivity index is 1.64. The third kappa shape index (κ3) is 2.35. The first kappa shape index (κ1) is 12.6. The van der Waals surface area contributed by atoms with Crippen LogP contribution in [0.3, 0.4) is 0 Å². The molecule has 1 saturated carbocycles. The lowest BCUT2D eigenvalue weighted by molar-refractivity contribution is 0.528. The topological polar surface area (TPSA) is 60.1 Å². The number of oxazole rings is 1. The van der Waals surface area contributed by atoms with E-state index in [0.717, 1.165) is 34.4 Å². The van der Waals surface area contributed by atoms with E-state index in [1.54, 1.807) is 18.4 Å². The summed E-state index contributed by atoms with van der Waals surface area (Å²) in [5.74, 6) is 0.486. The molecule has 1 aromatic carbocycles. The number of hydrogen-bond acceptors (Lipinski definition) is 5. The third-order valence-electron chi connectivity index (χ3n) is 3.83. The normalized spacial score (nSPS) is 14.7. The van der Waals surface area contributed by atoms with E-state index in [1.807, 2.05) is 23.6 Å². The Kier molecular flexibility index (Phi) is 2.85. The van der Waals surface area contributed by atoms with Crippen LogP contribution in [0.15, 0.2) is 32.8 Å². The predicted octanol–water partition coefficient (Wildman–Crippen LogP) is 3.08. The number of fused-ring (bicyclic) bond motifs is 1. The Hall–Kier alpha value is -2.08. The van der Waals surface area contributed by atoms with Crippen LogP contribution in [-0.4, -0.2) is 16.1 Å². The average molecular weight is 301 g/mol. The average Bonchev–Trinajstić information content (AvgIpc) is 3.12. The summed E-state index contributed by atoms with van der Waals surface area (Å²) < 4.78 is 6.73. The van der Waals surface area contributed by atoms with Crippen LogP contribution in [0.2, 0.25) is 0 Å². The first-order chi connectivity index (χ1) is 10.2. The van der Waals surface area contributed by atoms with Crippen molar-refractivity contribution in [2.75, 3.05) is 11.9 Å². The molecule has 108 valence electrons. The first-order valence-corrected chi connectivity index (χ1v) is 7.88. The maximum Gasteiger partial charge on any atom is 0.419 e. The van der Waals surface area contributed by atoms with Gasteiger partial charge in [-0.3, -0.25) is 4.57 Å². The van der Waals surface area contributed by atoms with Crippen LogP contribution in [0.25, 0.3) is 22.4 Å². The number of aryl methyl sites for hydroxylation is 1. The summed E-state index contributed by atoms with van der Waals surface area (Å²) in [5.41, 5.74) is 3.27. The Morgan fingerprint density at radius 3 is 3.14 bits per heavy atom. The van der Waals surface area contributed by atoms with Crippen LogP contribution in [0.1, 0.15) is 12.8 Å². The van der Waals surface area contributed by atoms with E-state index in [0.29, 0.717) is 5.58 Å². The highest BCUT2D eigenvalue weighted by atomic mass is 32.1. The number of nitrogens with one attached hydrogen (secondary N) is 1. The molecule has 2 heterocycles. The second-order valence-electron chi connectivity index (χ2n) is 5.47. The number of benzene rings is 1. The van der Waals surface area contributed by atoms with Gasteiger partial charge in [0.15, 0.2) is 10.7 Å². The summed E-state index contributed by atoms with van der Waals surface area (Å²) in [6.45, 7) is 1.01. The van der Waals surface area contributed by atoms with Crippen LogP contribution >= 0.6 is 11.3 Å². The largest absolute Gasteiger partial charge is 0.419 e. The minimum absolute atomic E-state index is 0.341. The Bertz CT molecular complexity index is 857. The highest BCUT2D eigenvalue weighted by Crippen LogP contribution is 2.31. The maximum absolute atomic E-state index is 11.5. The van der Waals surface area contributed by atoms with E-state index >= 15 is 0 Å². The molecule has 0 unspecified atom stereocenters. The van der Waals surface area contributed by atoms with Crippen LogP contribution in [0.5, 0.6) is 0 Å². The van der Waals surface area contributed by atoms with Crippen LogP contribution in [0, 0.1) is 5.92 Å². The van der Waals surface area contributed by atoms with Gasteiger partial charge in [-0.1, -0.05) is 6.07 Å². The summed E-state index contributed by atoms with van der Waals surface area (Å²) >= 11 is 1.61. The van der Waals surface area contributed by atoms with Gasteiger partial charge in [0.05, 0.1) is 11.2 Å². The van der Waals surface area contributed by atoms with Crippen molar-refractivity contribution in [3.8, 4) is 11.3 Å². The van der Waals surface area contributed by atoms with Gasteiger partial charge in [-0.05, 0) is 30.9 Å². The van der Waals surface area contributed by atoms with Crippen molar-refractivity contribution in [2.24, 2.45) is 13.0 Å². The van der Waals surface area contributed by atoms with Crippen molar-refractivity contribution >= 4 is 27.6 Å². The first-order valence-electron chi connectivity index (χ1n) is 7.00. The van der Waals surface area contributed by atoms with Crippen LogP contribution in [0.4, 0.5) is 5.13 Å². The molecular formula is C15H15N3O2S. The van der Waals surface area contributed by atoms with Gasteiger partial charge in [0, 0.05) is 24.5 Å². The van der Waals surface area contributed by atoms with Crippen molar-refractivity contribution in [3.05, 3.63) is 34.1 Å². The van der Waals surface area contributed by atoms with Gasteiger partial charge in [0.25, 0.3) is 0 Å². The number of rotatable bonds is 4. The molecule has 4 rings (SSSR count). The van der Waals surface area contributed by atoms with Gasteiger partial charge in [-0.2, -0.15) is 0 Å². The second-order valence-corrected chi connectivity index (χ2v) is 6.33. The molecule has 1 fully saturated rings. The van der Waals surface area contributed by atoms with Gasteiger partial charge in [-0.15, -0.1) is 11.3 Å². The Labute approximate surface area is 125 Å². The van der Waals surface area contributed by atoms with Gasteiger partial charge in [0.2, 0.25) is 0 Å². The molecule has 0 spiro atoms. The molecule has 0 bridgehead atoms. The Morgan fingerprint density at radius 2 is 2.33 bits per heavy atom. The van der Waals surface area contributed by atoms with Crippen molar-refractivity contribution in [1.82, 2.24) is 9.55 Å². The zero-order valence-electron chi connectivity index (χ0n) is 11.6. The molecule has 1 aliphatic rings. The fourth-order valence-electron chi connectivity index (χ4n) is 2.33. The molecule has 0 radical (unpaired) electrons. The highest BCUT2D eigenvalue weighted by Gasteiger charge is 2.21. The lowest BCUT2D eigenvalue weighted by Crippen LogP contribution is -2.08. The summed E-state index contributed by atoms with van der Waals surface area (Å²) in [6, 6.07) is 5.74. The molecule has 1 N–H and O–H groups in total. The second kappa shape index (κ2) is 4.73. The molecule has 6 heteroatoms. The smallest absolute Gasteiger partial charge is 0.408 e. The van der Waals surface area contributed by atoms with E-state index in [4.69, 9.17) is 4.42 Å². The van der Waals surface area contributed by atoms with Crippen LogP contribution < -0.4 is 11.1 Å². The maximum atomic E-state index is 11.5. The molecule has 0 aliphatic heterocycles. The van der Waals surface area contributed by atoms with E-state index in [1.165, 1.54) is 17.4 Å². The number of thiazole rings is 1. The van der Waals surface area contributed by atoms with Crippen molar-refractivity contribution < 1.29 is 4.42 Å². The van der Waals surface area contributed by atoms with Crippen LogP contribution in [-0.2, 0) is 7.05 Å². The molecule has 0 atom stereocenters. The fourth-order valence-corrected chi connectivity index (χ4v) is 3.06. The summed E-state index contributed by atoms with van der Waals surface area (Å²) in [6.07, 6.45) is 2.66. The number of nitrogens with zero attached hydrogens (tertiary/aromatic N) is 2. The lowest BCUT2D eigenvalue weighted by Gasteiger charge is -1.99. The van der Waals surface area contributed by atoms with Gasteiger partial charge < -0.3 is 9.73 Å². The summed E-state index contributed by atoms with van der Waals surface area (Å²) in [5, 5.41) is 6.35. The van der Waals surface area contributed by atoms with Gasteiger partial charge in [0.1, 0.15) is 0 Å². The van der Waals surface area contributed by atoms with E-state index in [2.05, 4.69) is 10.3 Å². The van der Waals surface area contributed by atoms with Crippen molar-refractivity contribution in [1.29, 1.82) is 0 Å². The monoisotopic (exact) mass is 301 g/mol. The highest BCUT2D eigenvalue weighted by molar-refractivity contribution is 7.14. The fraction of sp³-hybridized carbons (Fsp3) is 0.333. The zero-order chi connectivity index (χ0) is 14.4. The van der Waals surface area contributed by atoms with Crippen molar-refractivity contribution in [3.63, 3.8) is 0 Å². The van der Waals surface area contributed by atoms with Crippen molar-refractivity contribution in [2.45, 2.75) is 12.8 Å². The van der Waals surface area contributed by atoms with E-state index < -0.39 is 0 Å². The summed E-state index contributed by atoms with van der Waals surface area (Å²) in [4.78, 5) is 16.1. The SMILES string of the molecule is Cn1c(=O)oc2cc(-c3csc(NCC4CC4)n3)ccc21. The minimum Gasteiger partial charge on any atom is -0.408 e. The lowest BCUT2D eigenvalue weighted by atomic mass is 10.1. The minimum atomic E-state index is -0.341. The summed E-state index contributed by atoms with van der Waals surface area (Å²) in [7, 11) is 1.70. The molecule has 2 aromatic heterocycles. The number of hydrogen-bond donors (Lipinski definition) is 1. The molecule has 5 nitrogen and oxygen atoms in total. The van der Waals surface area contributed by atoms with Gasteiger partial charge >= 0.3 is 5.76 Å². The molecular weight excluding hydrogens is 286 g/mol. The third-order valence-corrected chi connectivity index (χ3v) is 4.63. The predicted molar refractivity (Wildman–Crippen MR) is 83.8 cm³/mol. The molecule has 0 saturated heterocycles. The standard InChI is InChI=1S/C15H15N3O2S/c1-18-12-5-4-10(6-13(12)20-15(18)19)11-8-21-14(17-11)16-7-9-2-3-9/h4-6,8-9H,2-3,7H2,1H3,(H,16,17). The zero-order valence-corrected chi connectivity index (χ0v) is 12.4. The van der Waals surface area contributed by atoms with E-state index in [-0.39, 0.29) is 5.76 Å². The molecule has 1 aliphatic carbocycles. The van der Waals surface area contributed by atoms with Gasteiger partial charge in [-0.25, -0.2) is 9.78 Å². The Morgan fingerprint density at radius 1 is 1.48 bits per heavy atom. The molecule has 3 aromatic rings. The quantitative estimate of drug-likeness (QED) is 0.804. The molecule has 0 amide bonds. The van der Waals surface area contributed by atoms with E-state index in [9.17, 15) is 4.79 Å².